The summed E-state index contributed by atoms with van der Waals surface area (Å²) in [5.41, 5.74) is 6.52. The molecule has 7 heteroatoms. The molecule has 0 aliphatic rings. The molecular formula is C49H25F2N3S2. The first kappa shape index (κ1) is 31.5. The predicted octanol–water partition coefficient (Wildman–Crippen LogP) is 14.4. The zero-order chi connectivity index (χ0) is 37.2. The van der Waals surface area contributed by atoms with Crippen LogP contribution in [-0.2, 0) is 0 Å². The molecule has 0 saturated carbocycles. The standard InChI is InChI=1S/C49H25F2N3S2/c50-29-21-27(22-30(51)25-29)28-23-40(53-38-13-5-1-9-31(38)33-17-19-44-46(48(33)53)35-11-3-7-15-42(35)55-44)37(26-52)41(24-28)54-39-14-6-2-10-32(39)34-18-20-45-47(49(34)54)36-12-4-8-16-43(36)56-45/h1-25H. The highest BCUT2D eigenvalue weighted by atomic mass is 32.1. The zero-order valence-corrected chi connectivity index (χ0v) is 31.0. The van der Waals surface area contributed by atoms with Gasteiger partial charge in [0.05, 0.1) is 33.4 Å². The van der Waals surface area contributed by atoms with Gasteiger partial charge in [0.25, 0.3) is 0 Å². The third-order valence-corrected chi connectivity index (χ3v) is 13.5. The first-order valence-electron chi connectivity index (χ1n) is 18.3. The van der Waals surface area contributed by atoms with E-state index in [9.17, 15) is 5.26 Å². The summed E-state index contributed by atoms with van der Waals surface area (Å²) in [5, 5.41) is 20.2. The largest absolute Gasteiger partial charge is 0.307 e. The number of benzene rings is 8. The summed E-state index contributed by atoms with van der Waals surface area (Å²) in [5.74, 6) is -1.34. The minimum absolute atomic E-state index is 0.383. The van der Waals surface area contributed by atoms with Crippen LogP contribution in [0.3, 0.4) is 0 Å². The minimum atomic E-state index is -0.668. The molecule has 4 heterocycles. The molecule has 0 N–H and O–H groups in total. The van der Waals surface area contributed by atoms with Crippen molar-refractivity contribution in [1.29, 1.82) is 5.26 Å². The summed E-state index contributed by atoms with van der Waals surface area (Å²) in [6, 6.07) is 52.3. The Morgan fingerprint density at radius 1 is 0.429 bits per heavy atom. The summed E-state index contributed by atoms with van der Waals surface area (Å²) in [7, 11) is 0. The first-order valence-corrected chi connectivity index (χ1v) is 19.9. The Labute approximate surface area is 325 Å². The Kier molecular flexibility index (Phi) is 6.51. The number of halogens is 2. The van der Waals surface area contributed by atoms with Gasteiger partial charge in [-0.1, -0.05) is 84.9 Å². The van der Waals surface area contributed by atoms with E-state index in [0.29, 0.717) is 28.1 Å². The Morgan fingerprint density at radius 2 is 0.857 bits per heavy atom. The summed E-state index contributed by atoms with van der Waals surface area (Å²) in [6.45, 7) is 0. The van der Waals surface area contributed by atoms with E-state index >= 15 is 8.78 Å². The number of nitriles is 1. The smallest absolute Gasteiger partial charge is 0.126 e. The SMILES string of the molecule is N#Cc1c(-n2c3ccccc3c3ccc4sc5ccccc5c4c32)cc(-c2cc(F)cc(F)c2)cc1-n1c2ccccc2c2ccc3sc4ccccc4c3c21. The normalized spacial score (nSPS) is 12.1. The van der Waals surface area contributed by atoms with Gasteiger partial charge >= 0.3 is 0 Å². The number of para-hydroxylation sites is 2. The Morgan fingerprint density at radius 3 is 1.34 bits per heavy atom. The van der Waals surface area contributed by atoms with E-state index in [1.165, 1.54) is 21.5 Å². The van der Waals surface area contributed by atoms with Crippen LogP contribution >= 0.6 is 22.7 Å². The molecule has 4 aromatic heterocycles. The highest BCUT2D eigenvalue weighted by Gasteiger charge is 2.26. The van der Waals surface area contributed by atoms with Crippen molar-refractivity contribution in [3.63, 3.8) is 0 Å². The third kappa shape index (κ3) is 4.28. The van der Waals surface area contributed by atoms with Gasteiger partial charge in [0.2, 0.25) is 0 Å². The summed E-state index contributed by atoms with van der Waals surface area (Å²) in [6.07, 6.45) is 0. The van der Waals surface area contributed by atoms with Crippen LogP contribution in [0.1, 0.15) is 5.56 Å². The molecule has 0 unspecified atom stereocenters. The quantitative estimate of drug-likeness (QED) is 0.177. The van der Waals surface area contributed by atoms with Crippen LogP contribution < -0.4 is 0 Å². The zero-order valence-electron chi connectivity index (χ0n) is 29.3. The highest BCUT2D eigenvalue weighted by Crippen LogP contribution is 2.47. The van der Waals surface area contributed by atoms with Crippen LogP contribution in [-0.4, -0.2) is 9.13 Å². The fraction of sp³-hybridized carbons (Fsp3) is 0. The summed E-state index contributed by atoms with van der Waals surface area (Å²) >= 11 is 3.49. The van der Waals surface area contributed by atoms with E-state index in [1.807, 2.05) is 36.4 Å². The van der Waals surface area contributed by atoms with E-state index in [1.54, 1.807) is 22.7 Å². The number of hydrogen-bond donors (Lipinski definition) is 0. The molecule has 262 valence electrons. The Bertz CT molecular complexity index is 3480. The molecule has 0 amide bonds. The van der Waals surface area contributed by atoms with E-state index in [-0.39, 0.29) is 0 Å². The predicted molar refractivity (Wildman–Crippen MR) is 231 cm³/mol. The lowest BCUT2D eigenvalue weighted by Gasteiger charge is -2.19. The fourth-order valence-electron chi connectivity index (χ4n) is 9.00. The molecule has 0 saturated heterocycles. The summed E-state index contributed by atoms with van der Waals surface area (Å²) in [4.78, 5) is 0. The third-order valence-electron chi connectivity index (χ3n) is 11.2. The van der Waals surface area contributed by atoms with Gasteiger partial charge in [-0.05, 0) is 71.8 Å². The maximum Gasteiger partial charge on any atom is 0.126 e. The maximum atomic E-state index is 15.1. The van der Waals surface area contributed by atoms with Gasteiger partial charge in [0, 0.05) is 68.0 Å². The highest BCUT2D eigenvalue weighted by molar-refractivity contribution is 7.26. The molecule has 0 bridgehead atoms. The molecule has 0 aliphatic heterocycles. The molecule has 0 atom stereocenters. The van der Waals surface area contributed by atoms with Crippen LogP contribution in [0.4, 0.5) is 8.78 Å². The van der Waals surface area contributed by atoms with Crippen LogP contribution in [0.2, 0.25) is 0 Å². The molecule has 8 aromatic carbocycles. The van der Waals surface area contributed by atoms with Gasteiger partial charge in [0.1, 0.15) is 23.3 Å². The Hall–Kier alpha value is -6.85. The molecule has 0 aliphatic carbocycles. The van der Waals surface area contributed by atoms with Crippen LogP contribution in [0, 0.1) is 23.0 Å². The van der Waals surface area contributed by atoms with Crippen molar-refractivity contribution < 1.29 is 8.78 Å². The number of fused-ring (bicyclic) bond motifs is 14. The van der Waals surface area contributed by atoms with Crippen LogP contribution in [0.25, 0.3) is 106 Å². The van der Waals surface area contributed by atoms with E-state index in [4.69, 9.17) is 0 Å². The number of aromatic nitrogens is 2. The van der Waals surface area contributed by atoms with Crippen LogP contribution in [0.5, 0.6) is 0 Å². The lowest BCUT2D eigenvalue weighted by Crippen LogP contribution is -2.05. The van der Waals surface area contributed by atoms with Gasteiger partial charge in [-0.15, -0.1) is 22.7 Å². The van der Waals surface area contributed by atoms with Crippen LogP contribution in [0.15, 0.2) is 152 Å². The van der Waals surface area contributed by atoms with Gasteiger partial charge in [-0.3, -0.25) is 0 Å². The van der Waals surface area contributed by atoms with Gasteiger partial charge in [0.15, 0.2) is 0 Å². The second-order valence-corrected chi connectivity index (χ2v) is 16.4. The molecule has 56 heavy (non-hydrogen) atoms. The second-order valence-electron chi connectivity index (χ2n) is 14.2. The van der Waals surface area contributed by atoms with Gasteiger partial charge in [-0.2, -0.15) is 5.26 Å². The van der Waals surface area contributed by atoms with E-state index in [0.717, 1.165) is 80.6 Å². The minimum Gasteiger partial charge on any atom is -0.307 e. The fourth-order valence-corrected chi connectivity index (χ4v) is 11.2. The number of rotatable bonds is 3. The van der Waals surface area contributed by atoms with E-state index in [2.05, 4.69) is 112 Å². The van der Waals surface area contributed by atoms with Crippen molar-refractivity contribution >= 4 is 107 Å². The van der Waals surface area contributed by atoms with Crippen molar-refractivity contribution in [2.45, 2.75) is 0 Å². The number of thiophene rings is 2. The van der Waals surface area contributed by atoms with Crippen molar-refractivity contribution in [3.05, 3.63) is 169 Å². The first-order chi connectivity index (χ1) is 27.6. The van der Waals surface area contributed by atoms with Crippen molar-refractivity contribution in [2.75, 3.05) is 0 Å². The average molecular weight is 758 g/mol. The molecule has 3 nitrogen and oxygen atoms in total. The molecule has 0 spiro atoms. The molecule has 0 radical (unpaired) electrons. The molecule has 12 aromatic rings. The van der Waals surface area contributed by atoms with Gasteiger partial charge in [-0.25, -0.2) is 8.78 Å². The van der Waals surface area contributed by atoms with E-state index < -0.39 is 11.6 Å². The lowest BCUT2D eigenvalue weighted by atomic mass is 9.99. The van der Waals surface area contributed by atoms with Crippen molar-refractivity contribution in [2.24, 2.45) is 0 Å². The summed E-state index contributed by atoms with van der Waals surface area (Å²) < 4.78 is 39.3. The average Bonchev–Trinajstić information content (AvgIpc) is 3.97. The number of nitrogens with zero attached hydrogens (tertiary/aromatic N) is 3. The molecule has 0 fully saturated rings. The van der Waals surface area contributed by atoms with Crippen molar-refractivity contribution in [3.8, 4) is 28.6 Å². The topological polar surface area (TPSA) is 33.6 Å². The second kappa shape index (κ2) is 11.6. The molecular weight excluding hydrogens is 733 g/mol. The lowest BCUT2D eigenvalue weighted by molar-refractivity contribution is 0.584. The molecule has 12 rings (SSSR count). The van der Waals surface area contributed by atoms with Crippen molar-refractivity contribution in [1.82, 2.24) is 9.13 Å². The van der Waals surface area contributed by atoms with Gasteiger partial charge < -0.3 is 9.13 Å². The maximum absolute atomic E-state index is 15.1. The number of hydrogen-bond acceptors (Lipinski definition) is 3. The monoisotopic (exact) mass is 757 g/mol. The Balaban J connectivity index is 1.32.